The first-order valence-electron chi connectivity index (χ1n) is 14.4. The largest absolute Gasteiger partial charge is 0.460 e. The van der Waals surface area contributed by atoms with Crippen LogP contribution in [0.5, 0.6) is 0 Å². The highest BCUT2D eigenvalue weighted by Crippen LogP contribution is 2.89. The lowest BCUT2D eigenvalue weighted by atomic mass is 9.59. The predicted octanol–water partition coefficient (Wildman–Crippen LogP) is 5.67. The van der Waals surface area contributed by atoms with Crippen LogP contribution in [0.15, 0.2) is 61.2 Å². The molecule has 3 aliphatic carbocycles. The highest BCUT2D eigenvalue weighted by atomic mass is 16.6. The van der Waals surface area contributed by atoms with Gasteiger partial charge in [-0.2, -0.15) is 0 Å². The molecule has 7 atom stereocenters. The van der Waals surface area contributed by atoms with Crippen molar-refractivity contribution in [3.8, 4) is 0 Å². The van der Waals surface area contributed by atoms with Gasteiger partial charge in [-0.3, -0.25) is 0 Å². The minimum atomic E-state index is -1.61. The van der Waals surface area contributed by atoms with Crippen molar-refractivity contribution in [2.75, 3.05) is 6.61 Å². The molecule has 3 fully saturated rings. The van der Waals surface area contributed by atoms with Crippen LogP contribution in [0.1, 0.15) is 76.1 Å². The average Bonchev–Trinajstić information content (AvgIpc) is 3.57. The summed E-state index contributed by atoms with van der Waals surface area (Å²) in [6.07, 6.45) is 0.159. The molecule has 0 spiro atoms. The van der Waals surface area contributed by atoms with Gasteiger partial charge in [0, 0.05) is 17.8 Å². The molecule has 2 aromatic carbocycles. The van der Waals surface area contributed by atoms with Gasteiger partial charge < -0.3 is 24.6 Å². The van der Waals surface area contributed by atoms with E-state index in [0.29, 0.717) is 18.4 Å². The fraction of sp³-hybridized carbons (Fsp3) is 0.515. The normalized spacial score (nSPS) is 33.7. The van der Waals surface area contributed by atoms with Crippen molar-refractivity contribution < 1.29 is 28.9 Å². The molecule has 7 nitrogen and oxygen atoms in total. The van der Waals surface area contributed by atoms with Gasteiger partial charge in [0.25, 0.3) is 0 Å². The Bertz CT molecular complexity index is 1360. The summed E-state index contributed by atoms with van der Waals surface area (Å²) in [4.78, 5) is 26.1. The van der Waals surface area contributed by atoms with Gasteiger partial charge in [0.05, 0.1) is 12.6 Å². The molecule has 1 saturated heterocycles. The average molecular weight is 546 g/mol. The number of hydrogen-bond acceptors (Lipinski definition) is 6. The lowest BCUT2D eigenvalue weighted by Gasteiger charge is -2.45. The van der Waals surface area contributed by atoms with E-state index in [1.165, 1.54) is 5.56 Å². The first-order chi connectivity index (χ1) is 19.0. The zero-order chi connectivity index (χ0) is 28.5. The summed E-state index contributed by atoms with van der Waals surface area (Å²) in [5.74, 6) is -0.638. The van der Waals surface area contributed by atoms with Crippen molar-refractivity contribution in [1.29, 1.82) is 0 Å². The van der Waals surface area contributed by atoms with Gasteiger partial charge in [0.2, 0.25) is 0 Å². The first-order valence-corrected chi connectivity index (χ1v) is 14.4. The van der Waals surface area contributed by atoms with Crippen LogP contribution < -0.4 is 5.32 Å². The Labute approximate surface area is 235 Å². The van der Waals surface area contributed by atoms with Gasteiger partial charge in [0.15, 0.2) is 6.10 Å². The maximum Gasteiger partial charge on any atom is 0.407 e. The van der Waals surface area contributed by atoms with E-state index in [0.717, 1.165) is 24.0 Å². The van der Waals surface area contributed by atoms with E-state index >= 15 is 0 Å². The number of hydrogen-bond donors (Lipinski definition) is 2. The van der Waals surface area contributed by atoms with Crippen LogP contribution in [0.25, 0.3) is 5.57 Å². The molecular weight excluding hydrogens is 506 g/mol. The van der Waals surface area contributed by atoms with Crippen molar-refractivity contribution in [2.24, 2.45) is 16.7 Å². The van der Waals surface area contributed by atoms with Crippen LogP contribution in [0.3, 0.4) is 0 Å². The van der Waals surface area contributed by atoms with Gasteiger partial charge in [-0.25, -0.2) is 9.59 Å². The van der Waals surface area contributed by atoms with Crippen molar-refractivity contribution in [3.63, 3.8) is 0 Å². The van der Waals surface area contributed by atoms with Crippen LogP contribution in [-0.2, 0) is 24.6 Å². The van der Waals surface area contributed by atoms with Crippen LogP contribution in [-0.4, -0.2) is 41.6 Å². The van der Waals surface area contributed by atoms with Gasteiger partial charge in [-0.15, -0.1) is 0 Å². The van der Waals surface area contributed by atoms with E-state index < -0.39 is 46.9 Å². The van der Waals surface area contributed by atoms with E-state index in [9.17, 15) is 14.7 Å². The number of amides is 1. The summed E-state index contributed by atoms with van der Waals surface area (Å²) in [7, 11) is 0. The molecule has 2 aromatic rings. The molecule has 2 bridgehead atoms. The molecule has 3 unspecified atom stereocenters. The number of aliphatic hydroxyl groups excluding tert-OH is 1. The van der Waals surface area contributed by atoms with Crippen molar-refractivity contribution in [1.82, 2.24) is 5.32 Å². The second kappa shape index (κ2) is 9.18. The van der Waals surface area contributed by atoms with Crippen molar-refractivity contribution in [2.45, 2.75) is 82.8 Å². The van der Waals surface area contributed by atoms with E-state index in [1.54, 1.807) is 24.3 Å². The van der Waals surface area contributed by atoms with Crippen molar-refractivity contribution >= 4 is 17.6 Å². The van der Waals surface area contributed by atoms with E-state index in [-0.39, 0.29) is 17.9 Å². The van der Waals surface area contributed by atoms with Crippen LogP contribution in [0.2, 0.25) is 0 Å². The monoisotopic (exact) mass is 545 g/mol. The van der Waals surface area contributed by atoms with Gasteiger partial charge >= 0.3 is 12.1 Å². The number of aliphatic hydroxyl groups is 1. The number of carbonyl (C=O) groups excluding carboxylic acids is 2. The highest BCUT2D eigenvalue weighted by molar-refractivity contribution is 5.79. The molecule has 1 amide bonds. The molecule has 1 heterocycles. The quantitative estimate of drug-likeness (QED) is 0.252. The Balaban J connectivity index is 1.26. The highest BCUT2D eigenvalue weighted by Gasteiger charge is 2.95. The molecule has 0 aromatic heterocycles. The molecule has 2 saturated carbocycles. The van der Waals surface area contributed by atoms with Gasteiger partial charge in [-0.05, 0) is 40.5 Å². The summed E-state index contributed by atoms with van der Waals surface area (Å²) in [5.41, 5.74) is 2.33. The third-order valence-corrected chi connectivity index (χ3v) is 10.7. The predicted molar refractivity (Wildman–Crippen MR) is 150 cm³/mol. The van der Waals surface area contributed by atoms with Crippen LogP contribution >= 0.6 is 0 Å². The Morgan fingerprint density at radius 1 is 1.12 bits per heavy atom. The number of benzene rings is 2. The Morgan fingerprint density at radius 2 is 1.82 bits per heavy atom. The molecule has 212 valence electrons. The third kappa shape index (κ3) is 3.37. The maximum atomic E-state index is 13.6. The van der Waals surface area contributed by atoms with E-state index in [2.05, 4.69) is 50.9 Å². The number of ether oxygens (including phenoxy) is 3. The minimum absolute atomic E-state index is 0.130. The number of fused-ring (bicyclic) bond motifs is 3. The first kappa shape index (κ1) is 27.0. The summed E-state index contributed by atoms with van der Waals surface area (Å²) < 4.78 is 18.3. The number of rotatable bonds is 8. The van der Waals surface area contributed by atoms with Crippen molar-refractivity contribution in [3.05, 3.63) is 77.9 Å². The minimum Gasteiger partial charge on any atom is -0.460 e. The number of epoxide rings is 1. The third-order valence-electron chi connectivity index (χ3n) is 10.7. The lowest BCUT2D eigenvalue weighted by molar-refractivity contribution is -0.172. The Hall–Kier alpha value is -3.16. The second-order valence-corrected chi connectivity index (χ2v) is 12.6. The zero-order valence-electron chi connectivity index (χ0n) is 23.7. The Kier molecular flexibility index (Phi) is 6.20. The number of esters is 1. The fourth-order valence-electron chi connectivity index (χ4n) is 8.39. The van der Waals surface area contributed by atoms with Crippen LogP contribution in [0, 0.1) is 16.7 Å². The zero-order valence-corrected chi connectivity index (χ0v) is 23.7. The Morgan fingerprint density at radius 3 is 2.55 bits per heavy atom. The summed E-state index contributed by atoms with van der Waals surface area (Å²) in [6, 6.07) is 16.3. The summed E-state index contributed by atoms with van der Waals surface area (Å²) in [6.45, 7) is 13.3. The van der Waals surface area contributed by atoms with E-state index in [4.69, 9.17) is 14.2 Å². The molecule has 40 heavy (non-hydrogen) atoms. The number of carbonyl (C=O) groups is 2. The topological polar surface area (TPSA) is 97.4 Å². The molecule has 4 aliphatic rings. The SMILES string of the molecule is C=C1C[C@@]23O[C@]2(c2ccccc21)C1CC(OC(=O)[C@H](O)[C@@H](NC(=O)OCCCC)c2ccccc2)C3(C)C1(C)C. The summed E-state index contributed by atoms with van der Waals surface area (Å²) in [5, 5.41) is 14.0. The fourth-order valence-corrected chi connectivity index (χ4v) is 8.39. The molecule has 1 aliphatic heterocycles. The van der Waals surface area contributed by atoms with E-state index in [1.807, 2.05) is 19.1 Å². The molecule has 2 N–H and O–H groups in total. The number of unbranched alkanes of at least 4 members (excludes halogenated alkanes) is 1. The number of nitrogens with one attached hydrogen (secondary N) is 1. The van der Waals surface area contributed by atoms with Gasteiger partial charge in [0.1, 0.15) is 17.3 Å². The smallest absolute Gasteiger partial charge is 0.407 e. The molecule has 7 heteroatoms. The molecule has 6 rings (SSSR count). The maximum absolute atomic E-state index is 13.6. The lowest BCUT2D eigenvalue weighted by Crippen LogP contribution is -2.53. The standard InChI is InChI=1S/C33H39NO6/c1-6-7-17-38-29(37)34-26(21-13-9-8-10-14-21)27(35)28(36)39-25-18-24-30(3,4)31(25,5)32-19-20(2)22-15-11-12-16-23(22)33(24,32)40-32/h8-16,24-27,35H,2,6-7,17-19H2,1,3-5H3,(H,34,37)/t24?,25?,26-,27+,31?,32-,33+/m0/s1. The van der Waals surface area contributed by atoms with Gasteiger partial charge in [-0.1, -0.05) is 95.3 Å². The molecule has 0 radical (unpaired) electrons. The second-order valence-electron chi connectivity index (χ2n) is 12.6. The summed E-state index contributed by atoms with van der Waals surface area (Å²) >= 11 is 0. The number of alkyl carbamates (subject to hydrolysis) is 1. The molecular formula is C33H39NO6. The van der Waals surface area contributed by atoms with Crippen LogP contribution in [0.4, 0.5) is 4.79 Å².